The van der Waals surface area contributed by atoms with Crippen molar-refractivity contribution in [3.05, 3.63) is 90.6 Å². The maximum atomic E-state index is 14.0. The molecule has 2 aromatic carbocycles. The average molecular weight is 460 g/mol. The number of nitrogens with one attached hydrogen (secondary N) is 1. The predicted octanol–water partition coefficient (Wildman–Crippen LogP) is 3.82. The summed E-state index contributed by atoms with van der Waals surface area (Å²) in [5, 5.41) is 7.52. The standard InChI is InChI=1S/C26H26FN5O2/c27-21-9-4-5-10-23(21)31-16-14-30(15-17-31)13-12-28-26(33)22-19-24(25-11-6-18-34-25)32(29-22)20-7-2-1-3-8-20/h1-11,18-19H,12-17H2,(H,28,33). The third-order valence-corrected chi connectivity index (χ3v) is 6.00. The van der Waals surface area contributed by atoms with Crippen molar-refractivity contribution in [2.24, 2.45) is 0 Å². The van der Waals surface area contributed by atoms with Gasteiger partial charge in [0.2, 0.25) is 0 Å². The van der Waals surface area contributed by atoms with E-state index in [1.807, 2.05) is 54.6 Å². The Kier molecular flexibility index (Phi) is 6.40. The van der Waals surface area contributed by atoms with Crippen LogP contribution in [-0.4, -0.2) is 59.9 Å². The Morgan fingerprint density at radius 1 is 0.971 bits per heavy atom. The van der Waals surface area contributed by atoms with E-state index in [2.05, 4.69) is 20.2 Å². The quantitative estimate of drug-likeness (QED) is 0.455. The fraction of sp³-hybridized carbons (Fsp3) is 0.231. The minimum atomic E-state index is -0.229. The molecule has 0 spiro atoms. The van der Waals surface area contributed by atoms with E-state index in [4.69, 9.17) is 4.42 Å². The summed E-state index contributed by atoms with van der Waals surface area (Å²) in [7, 11) is 0. The highest BCUT2D eigenvalue weighted by Gasteiger charge is 2.21. The zero-order valence-corrected chi connectivity index (χ0v) is 18.7. The Morgan fingerprint density at radius 3 is 2.47 bits per heavy atom. The molecule has 0 aliphatic carbocycles. The molecule has 8 heteroatoms. The van der Waals surface area contributed by atoms with Crippen molar-refractivity contribution >= 4 is 11.6 Å². The number of anilines is 1. The van der Waals surface area contributed by atoms with Gasteiger partial charge in [0.15, 0.2) is 11.5 Å². The first-order valence-electron chi connectivity index (χ1n) is 11.4. The smallest absolute Gasteiger partial charge is 0.271 e. The number of rotatable bonds is 7. The van der Waals surface area contributed by atoms with Crippen LogP contribution in [0, 0.1) is 5.82 Å². The normalized spacial score (nSPS) is 14.3. The predicted molar refractivity (Wildman–Crippen MR) is 129 cm³/mol. The summed E-state index contributed by atoms with van der Waals surface area (Å²) in [5.41, 5.74) is 2.54. The van der Waals surface area contributed by atoms with Gasteiger partial charge in [0.05, 0.1) is 17.6 Å². The molecule has 4 aromatic rings. The number of benzene rings is 2. The van der Waals surface area contributed by atoms with Gasteiger partial charge in [-0.05, 0) is 36.4 Å². The van der Waals surface area contributed by atoms with Crippen LogP contribution >= 0.6 is 0 Å². The molecular weight excluding hydrogens is 433 g/mol. The number of carbonyl (C=O) groups is 1. The lowest BCUT2D eigenvalue weighted by Crippen LogP contribution is -2.48. The van der Waals surface area contributed by atoms with Gasteiger partial charge in [0.25, 0.3) is 5.91 Å². The van der Waals surface area contributed by atoms with Crippen molar-refractivity contribution < 1.29 is 13.6 Å². The zero-order chi connectivity index (χ0) is 23.3. The van der Waals surface area contributed by atoms with Crippen LogP contribution in [0.4, 0.5) is 10.1 Å². The van der Waals surface area contributed by atoms with Crippen LogP contribution < -0.4 is 10.2 Å². The molecular formula is C26H26FN5O2. The number of furan rings is 1. The van der Waals surface area contributed by atoms with Crippen molar-refractivity contribution in [2.45, 2.75) is 0 Å². The third kappa shape index (κ3) is 4.72. The van der Waals surface area contributed by atoms with E-state index < -0.39 is 0 Å². The summed E-state index contributed by atoms with van der Waals surface area (Å²) >= 11 is 0. The third-order valence-electron chi connectivity index (χ3n) is 6.00. The first kappa shape index (κ1) is 21.9. The highest BCUT2D eigenvalue weighted by atomic mass is 19.1. The number of hydrogen-bond acceptors (Lipinski definition) is 5. The largest absolute Gasteiger partial charge is 0.463 e. The van der Waals surface area contributed by atoms with Crippen molar-refractivity contribution in [1.82, 2.24) is 20.0 Å². The van der Waals surface area contributed by atoms with E-state index in [-0.39, 0.29) is 11.7 Å². The Bertz CT molecular complexity index is 1230. The second kappa shape index (κ2) is 9.93. The molecule has 0 radical (unpaired) electrons. The maximum absolute atomic E-state index is 14.0. The highest BCUT2D eigenvalue weighted by Crippen LogP contribution is 2.24. The molecule has 0 saturated carbocycles. The lowest BCUT2D eigenvalue weighted by molar-refractivity contribution is 0.0942. The number of piperazine rings is 1. The molecule has 1 saturated heterocycles. The first-order valence-corrected chi connectivity index (χ1v) is 11.4. The molecule has 3 heterocycles. The first-order chi connectivity index (χ1) is 16.7. The van der Waals surface area contributed by atoms with Crippen LogP contribution in [0.2, 0.25) is 0 Å². The zero-order valence-electron chi connectivity index (χ0n) is 18.7. The summed E-state index contributed by atoms with van der Waals surface area (Å²) in [6.07, 6.45) is 1.60. The molecule has 5 rings (SSSR count). The van der Waals surface area contributed by atoms with Gasteiger partial charge < -0.3 is 14.6 Å². The van der Waals surface area contributed by atoms with Crippen molar-refractivity contribution in [3.8, 4) is 17.1 Å². The Hall–Kier alpha value is -3.91. The molecule has 1 aliphatic rings. The Balaban J connectivity index is 1.18. The van der Waals surface area contributed by atoms with Crippen molar-refractivity contribution in [1.29, 1.82) is 0 Å². The minimum absolute atomic E-state index is 0.188. The highest BCUT2D eigenvalue weighted by molar-refractivity contribution is 5.93. The SMILES string of the molecule is O=C(NCCN1CCN(c2ccccc2F)CC1)c1cc(-c2ccco2)n(-c2ccccc2)n1. The van der Waals surface area contributed by atoms with Gasteiger partial charge in [-0.2, -0.15) is 5.10 Å². The summed E-state index contributed by atoms with van der Waals surface area (Å²) in [6.45, 7) is 4.37. The molecule has 34 heavy (non-hydrogen) atoms. The maximum Gasteiger partial charge on any atom is 0.271 e. The summed E-state index contributed by atoms with van der Waals surface area (Å²) in [4.78, 5) is 17.2. The van der Waals surface area contributed by atoms with Gasteiger partial charge in [-0.25, -0.2) is 9.07 Å². The topological polar surface area (TPSA) is 66.5 Å². The molecule has 1 fully saturated rings. The van der Waals surface area contributed by atoms with Crippen LogP contribution in [0.25, 0.3) is 17.1 Å². The van der Waals surface area contributed by atoms with E-state index in [1.54, 1.807) is 23.1 Å². The van der Waals surface area contributed by atoms with Crippen LogP contribution in [0.15, 0.2) is 83.5 Å². The molecule has 7 nitrogen and oxygen atoms in total. The lowest BCUT2D eigenvalue weighted by atomic mass is 10.2. The van der Waals surface area contributed by atoms with E-state index in [0.29, 0.717) is 29.4 Å². The molecule has 1 N–H and O–H groups in total. The van der Waals surface area contributed by atoms with E-state index in [0.717, 1.165) is 38.4 Å². The van der Waals surface area contributed by atoms with Crippen LogP contribution in [0.3, 0.4) is 0 Å². The monoisotopic (exact) mass is 459 g/mol. The van der Waals surface area contributed by atoms with Gasteiger partial charge >= 0.3 is 0 Å². The second-order valence-electron chi connectivity index (χ2n) is 8.18. The number of nitrogens with zero attached hydrogens (tertiary/aromatic N) is 4. The molecule has 0 atom stereocenters. The second-order valence-corrected chi connectivity index (χ2v) is 8.18. The molecule has 0 unspecified atom stereocenters. The van der Waals surface area contributed by atoms with E-state index in [9.17, 15) is 9.18 Å². The summed E-state index contributed by atoms with van der Waals surface area (Å²) in [5.74, 6) is 0.225. The number of carbonyl (C=O) groups excluding carboxylic acids is 1. The summed E-state index contributed by atoms with van der Waals surface area (Å²) in [6, 6.07) is 21.9. The van der Waals surface area contributed by atoms with Crippen molar-refractivity contribution in [2.75, 3.05) is 44.2 Å². The van der Waals surface area contributed by atoms with Crippen LogP contribution in [0.5, 0.6) is 0 Å². The molecule has 2 aromatic heterocycles. The van der Waals surface area contributed by atoms with Gasteiger partial charge in [-0.3, -0.25) is 9.69 Å². The fourth-order valence-electron chi connectivity index (χ4n) is 4.20. The van der Waals surface area contributed by atoms with E-state index in [1.165, 1.54) is 6.07 Å². The summed E-state index contributed by atoms with van der Waals surface area (Å²) < 4.78 is 21.3. The van der Waals surface area contributed by atoms with Crippen LogP contribution in [0.1, 0.15) is 10.5 Å². The van der Waals surface area contributed by atoms with Gasteiger partial charge in [-0.15, -0.1) is 0 Å². The number of amides is 1. The number of para-hydroxylation sites is 2. The molecule has 1 amide bonds. The lowest BCUT2D eigenvalue weighted by Gasteiger charge is -2.36. The fourth-order valence-corrected chi connectivity index (χ4v) is 4.20. The van der Waals surface area contributed by atoms with Gasteiger partial charge in [-0.1, -0.05) is 30.3 Å². The van der Waals surface area contributed by atoms with Crippen LogP contribution in [-0.2, 0) is 0 Å². The van der Waals surface area contributed by atoms with Gasteiger partial charge in [0.1, 0.15) is 11.5 Å². The average Bonchev–Trinajstić information content (AvgIpc) is 3.56. The number of aromatic nitrogens is 2. The molecule has 174 valence electrons. The number of halogens is 1. The molecule has 1 aliphatic heterocycles. The molecule has 0 bridgehead atoms. The Labute approximate surface area is 197 Å². The number of hydrogen-bond donors (Lipinski definition) is 1. The van der Waals surface area contributed by atoms with Gasteiger partial charge in [0, 0.05) is 45.3 Å². The minimum Gasteiger partial charge on any atom is -0.463 e. The van der Waals surface area contributed by atoms with E-state index >= 15 is 0 Å². The van der Waals surface area contributed by atoms with Crippen molar-refractivity contribution in [3.63, 3.8) is 0 Å². The Morgan fingerprint density at radius 2 is 1.74 bits per heavy atom.